The first kappa shape index (κ1) is 18.9. The standard InChI is InChI=1S/C8H18N2.C8H19N/c1-2-5-10-6-3-8(9)4-7-10;1-3-5-7-9-8-6-4-2/h8H,2-7,9H2,1H3;9H,3-8H2,1-2H3. The topological polar surface area (TPSA) is 41.3 Å². The van der Waals surface area contributed by atoms with E-state index in [9.17, 15) is 0 Å². The van der Waals surface area contributed by atoms with Crippen molar-refractivity contribution < 1.29 is 0 Å². The predicted molar refractivity (Wildman–Crippen MR) is 86.6 cm³/mol. The number of unbranched alkanes of at least 4 members (excludes halogenated alkanes) is 2. The molecule has 0 amide bonds. The highest BCUT2D eigenvalue weighted by atomic mass is 15.1. The van der Waals surface area contributed by atoms with E-state index in [0.29, 0.717) is 6.04 Å². The smallest absolute Gasteiger partial charge is 0.00631 e. The highest BCUT2D eigenvalue weighted by Crippen LogP contribution is 2.07. The van der Waals surface area contributed by atoms with Crippen LogP contribution in [0.3, 0.4) is 0 Å². The molecule has 0 aromatic rings. The summed E-state index contributed by atoms with van der Waals surface area (Å²) < 4.78 is 0. The van der Waals surface area contributed by atoms with Crippen LogP contribution in [0.25, 0.3) is 0 Å². The van der Waals surface area contributed by atoms with Gasteiger partial charge < -0.3 is 16.0 Å². The Hall–Kier alpha value is -0.120. The summed E-state index contributed by atoms with van der Waals surface area (Å²) in [5.41, 5.74) is 5.77. The zero-order valence-corrected chi connectivity index (χ0v) is 13.6. The first-order valence-corrected chi connectivity index (χ1v) is 8.43. The molecule has 3 nitrogen and oxygen atoms in total. The molecule has 1 fully saturated rings. The SMILES string of the molecule is CCCCNCCCC.CCCN1CCC(N)CC1. The van der Waals surface area contributed by atoms with Crippen molar-refractivity contribution in [2.45, 2.75) is 71.8 Å². The number of nitrogens with one attached hydrogen (secondary N) is 1. The molecule has 0 bridgehead atoms. The molecule has 0 saturated carbocycles. The first-order valence-electron chi connectivity index (χ1n) is 8.43. The third-order valence-corrected chi connectivity index (χ3v) is 3.59. The highest BCUT2D eigenvalue weighted by molar-refractivity contribution is 4.73. The summed E-state index contributed by atoms with van der Waals surface area (Å²) in [4.78, 5) is 2.50. The molecule has 0 aliphatic carbocycles. The van der Waals surface area contributed by atoms with Gasteiger partial charge in [0.1, 0.15) is 0 Å². The molecule has 1 heterocycles. The second-order valence-corrected chi connectivity index (χ2v) is 5.64. The van der Waals surface area contributed by atoms with Gasteiger partial charge in [0.25, 0.3) is 0 Å². The fourth-order valence-corrected chi connectivity index (χ4v) is 2.22. The summed E-state index contributed by atoms with van der Waals surface area (Å²) in [6.45, 7) is 12.8. The van der Waals surface area contributed by atoms with Crippen molar-refractivity contribution in [1.82, 2.24) is 10.2 Å². The van der Waals surface area contributed by atoms with Crippen LogP contribution in [0.2, 0.25) is 0 Å². The predicted octanol–water partition coefficient (Wildman–Crippen LogP) is 3.00. The largest absolute Gasteiger partial charge is 0.328 e. The molecule has 0 spiro atoms. The number of rotatable bonds is 8. The van der Waals surface area contributed by atoms with Gasteiger partial charge in [0, 0.05) is 6.04 Å². The maximum absolute atomic E-state index is 5.77. The summed E-state index contributed by atoms with van der Waals surface area (Å²) in [6.07, 6.45) is 8.92. The summed E-state index contributed by atoms with van der Waals surface area (Å²) in [5, 5.41) is 3.39. The summed E-state index contributed by atoms with van der Waals surface area (Å²) in [6, 6.07) is 0.480. The van der Waals surface area contributed by atoms with Crippen LogP contribution in [0.5, 0.6) is 0 Å². The maximum atomic E-state index is 5.77. The van der Waals surface area contributed by atoms with Gasteiger partial charge in [-0.1, -0.05) is 33.6 Å². The van der Waals surface area contributed by atoms with Gasteiger partial charge in [0.05, 0.1) is 0 Å². The van der Waals surface area contributed by atoms with Gasteiger partial charge in [-0.25, -0.2) is 0 Å². The van der Waals surface area contributed by atoms with Gasteiger partial charge in [0.15, 0.2) is 0 Å². The number of nitrogens with zero attached hydrogens (tertiary/aromatic N) is 1. The first-order chi connectivity index (χ1) is 9.24. The van der Waals surface area contributed by atoms with E-state index in [1.54, 1.807) is 0 Å². The van der Waals surface area contributed by atoms with Crippen LogP contribution in [0.1, 0.15) is 65.7 Å². The van der Waals surface area contributed by atoms with Crippen molar-refractivity contribution >= 4 is 0 Å². The second kappa shape index (κ2) is 14.3. The Morgan fingerprint density at radius 2 is 1.47 bits per heavy atom. The Balaban J connectivity index is 0.000000344. The van der Waals surface area contributed by atoms with Crippen LogP contribution in [-0.4, -0.2) is 43.7 Å². The Morgan fingerprint density at radius 3 is 1.89 bits per heavy atom. The summed E-state index contributed by atoms with van der Waals surface area (Å²) >= 11 is 0. The van der Waals surface area contributed by atoms with Gasteiger partial charge in [-0.15, -0.1) is 0 Å². The average Bonchev–Trinajstić information content (AvgIpc) is 2.42. The molecule has 0 unspecified atom stereocenters. The zero-order valence-electron chi connectivity index (χ0n) is 13.6. The van der Waals surface area contributed by atoms with Crippen LogP contribution < -0.4 is 11.1 Å². The Bertz CT molecular complexity index is 159. The fourth-order valence-electron chi connectivity index (χ4n) is 2.22. The monoisotopic (exact) mass is 271 g/mol. The number of hydrogen-bond donors (Lipinski definition) is 2. The molecule has 1 aliphatic heterocycles. The Morgan fingerprint density at radius 1 is 0.947 bits per heavy atom. The van der Waals surface area contributed by atoms with Crippen LogP contribution in [0.15, 0.2) is 0 Å². The van der Waals surface area contributed by atoms with Crippen molar-refractivity contribution in [3.8, 4) is 0 Å². The van der Waals surface area contributed by atoms with Crippen molar-refractivity contribution in [3.63, 3.8) is 0 Å². The lowest BCUT2D eigenvalue weighted by Crippen LogP contribution is -2.39. The quantitative estimate of drug-likeness (QED) is 0.667. The van der Waals surface area contributed by atoms with Gasteiger partial charge in [-0.05, 0) is 64.8 Å². The molecule has 3 heteroatoms. The summed E-state index contributed by atoms with van der Waals surface area (Å²) in [7, 11) is 0. The molecule has 1 aliphatic rings. The van der Waals surface area contributed by atoms with Crippen LogP contribution in [0, 0.1) is 0 Å². The molecule has 0 radical (unpaired) electrons. The number of nitrogens with two attached hydrogens (primary N) is 1. The van der Waals surface area contributed by atoms with Crippen LogP contribution in [0.4, 0.5) is 0 Å². The molecule has 1 saturated heterocycles. The van der Waals surface area contributed by atoms with E-state index in [4.69, 9.17) is 5.73 Å². The van der Waals surface area contributed by atoms with Crippen LogP contribution >= 0.6 is 0 Å². The third kappa shape index (κ3) is 12.6. The van der Waals surface area contributed by atoms with Crippen molar-refractivity contribution in [3.05, 3.63) is 0 Å². The van der Waals surface area contributed by atoms with E-state index in [0.717, 1.165) is 0 Å². The minimum atomic E-state index is 0.480. The molecular formula is C16H37N3. The number of piperidine rings is 1. The molecule has 19 heavy (non-hydrogen) atoms. The van der Waals surface area contributed by atoms with Gasteiger partial charge in [0.2, 0.25) is 0 Å². The van der Waals surface area contributed by atoms with Crippen molar-refractivity contribution in [1.29, 1.82) is 0 Å². The zero-order chi connectivity index (χ0) is 14.3. The van der Waals surface area contributed by atoms with E-state index < -0.39 is 0 Å². The van der Waals surface area contributed by atoms with E-state index in [2.05, 4.69) is 31.0 Å². The molecule has 0 aromatic heterocycles. The van der Waals surface area contributed by atoms with Crippen LogP contribution in [-0.2, 0) is 0 Å². The average molecular weight is 271 g/mol. The second-order valence-electron chi connectivity index (χ2n) is 5.64. The molecule has 3 N–H and O–H groups in total. The van der Waals surface area contributed by atoms with E-state index in [1.165, 1.54) is 77.7 Å². The normalized spacial score (nSPS) is 17.1. The number of likely N-dealkylation sites (tertiary alicyclic amines) is 1. The molecule has 1 rings (SSSR count). The lowest BCUT2D eigenvalue weighted by molar-refractivity contribution is 0.214. The molecular weight excluding hydrogens is 234 g/mol. The fraction of sp³-hybridized carbons (Fsp3) is 1.00. The summed E-state index contributed by atoms with van der Waals surface area (Å²) in [5.74, 6) is 0. The molecule has 0 aromatic carbocycles. The van der Waals surface area contributed by atoms with Gasteiger partial charge in [-0.3, -0.25) is 0 Å². The molecule has 0 atom stereocenters. The van der Waals surface area contributed by atoms with E-state index in [1.807, 2.05) is 0 Å². The number of hydrogen-bond acceptors (Lipinski definition) is 3. The Labute approximate surface area is 121 Å². The maximum Gasteiger partial charge on any atom is 0.00631 e. The highest BCUT2D eigenvalue weighted by Gasteiger charge is 2.14. The van der Waals surface area contributed by atoms with Gasteiger partial charge in [-0.2, -0.15) is 0 Å². The third-order valence-electron chi connectivity index (χ3n) is 3.59. The van der Waals surface area contributed by atoms with Gasteiger partial charge >= 0.3 is 0 Å². The van der Waals surface area contributed by atoms with E-state index >= 15 is 0 Å². The van der Waals surface area contributed by atoms with Crippen molar-refractivity contribution in [2.24, 2.45) is 5.73 Å². The Kier molecular flexibility index (Phi) is 14.2. The molecule has 116 valence electrons. The van der Waals surface area contributed by atoms with E-state index in [-0.39, 0.29) is 0 Å². The lowest BCUT2D eigenvalue weighted by Gasteiger charge is -2.29. The minimum absolute atomic E-state index is 0.480. The lowest BCUT2D eigenvalue weighted by atomic mass is 10.1. The van der Waals surface area contributed by atoms with Crippen molar-refractivity contribution in [2.75, 3.05) is 32.7 Å². The minimum Gasteiger partial charge on any atom is -0.328 e.